The second-order valence-electron chi connectivity index (χ2n) is 8.80. The third kappa shape index (κ3) is 2.35. The van der Waals surface area contributed by atoms with Crippen LogP contribution in [0, 0.1) is 35.0 Å². The molecule has 0 heterocycles. The Bertz CT molecular complexity index is 456. The minimum atomic E-state index is 0.628. The molecule has 1 aromatic rings. The summed E-state index contributed by atoms with van der Waals surface area (Å²) in [6.07, 6.45) is 10.6. The van der Waals surface area contributed by atoms with Gasteiger partial charge in [0.2, 0.25) is 0 Å². The summed E-state index contributed by atoms with van der Waals surface area (Å²) in [5.41, 5.74) is 2.22. The van der Waals surface area contributed by atoms with Crippen LogP contribution in [0.3, 0.4) is 0 Å². The van der Waals surface area contributed by atoms with Crippen LogP contribution in [0.25, 0.3) is 0 Å². The Balaban J connectivity index is 1.67. The maximum Gasteiger partial charge on any atom is -0.0198 e. The first-order valence-corrected chi connectivity index (χ1v) is 9.19. The van der Waals surface area contributed by atoms with Gasteiger partial charge in [-0.1, -0.05) is 44.2 Å². The molecule has 21 heavy (non-hydrogen) atoms. The Hall–Kier alpha value is -0.780. The summed E-state index contributed by atoms with van der Waals surface area (Å²) >= 11 is 0. The molecule has 0 aromatic heterocycles. The van der Waals surface area contributed by atoms with E-state index in [1.54, 1.807) is 37.7 Å². The minimum absolute atomic E-state index is 0.628. The molecular weight excluding hydrogens is 252 g/mol. The van der Waals surface area contributed by atoms with Gasteiger partial charge < -0.3 is 0 Å². The van der Waals surface area contributed by atoms with Crippen molar-refractivity contribution in [3.05, 3.63) is 35.9 Å². The predicted octanol–water partition coefficient (Wildman–Crippen LogP) is 5.72. The van der Waals surface area contributed by atoms with Gasteiger partial charge in [-0.05, 0) is 85.5 Å². The summed E-state index contributed by atoms with van der Waals surface area (Å²) < 4.78 is 0. The van der Waals surface area contributed by atoms with E-state index >= 15 is 0 Å². The average Bonchev–Trinajstić information content (AvgIpc) is 2.44. The topological polar surface area (TPSA) is 0 Å². The van der Waals surface area contributed by atoms with Gasteiger partial charge in [-0.15, -0.1) is 0 Å². The first-order chi connectivity index (χ1) is 10.2. The van der Waals surface area contributed by atoms with Crippen LogP contribution >= 0.6 is 0 Å². The Morgan fingerprint density at radius 2 is 1.48 bits per heavy atom. The molecule has 4 fully saturated rings. The SMILES string of the molecule is CC(C)CC1(Cc2ccccc2)C2CC3CC(C2)CC1C3. The third-order valence-electron chi connectivity index (χ3n) is 6.93. The van der Waals surface area contributed by atoms with Crippen LogP contribution in [-0.2, 0) is 6.42 Å². The van der Waals surface area contributed by atoms with Gasteiger partial charge in [-0.25, -0.2) is 0 Å². The van der Waals surface area contributed by atoms with Crippen molar-refractivity contribution in [3.63, 3.8) is 0 Å². The van der Waals surface area contributed by atoms with E-state index < -0.39 is 0 Å². The zero-order chi connectivity index (χ0) is 14.4. The van der Waals surface area contributed by atoms with Crippen LogP contribution in [0.1, 0.15) is 57.9 Å². The molecule has 0 amide bonds. The van der Waals surface area contributed by atoms with E-state index in [1.807, 2.05) is 0 Å². The van der Waals surface area contributed by atoms with Gasteiger partial charge in [0.25, 0.3) is 0 Å². The van der Waals surface area contributed by atoms with E-state index in [0.29, 0.717) is 5.41 Å². The lowest BCUT2D eigenvalue weighted by molar-refractivity contribution is -0.118. The fourth-order valence-electron chi connectivity index (χ4n) is 6.55. The molecule has 114 valence electrons. The van der Waals surface area contributed by atoms with Crippen LogP contribution in [0.5, 0.6) is 0 Å². The Morgan fingerprint density at radius 1 is 0.905 bits per heavy atom. The quantitative estimate of drug-likeness (QED) is 0.662. The van der Waals surface area contributed by atoms with E-state index in [4.69, 9.17) is 0 Å². The van der Waals surface area contributed by atoms with Crippen molar-refractivity contribution >= 4 is 0 Å². The summed E-state index contributed by atoms with van der Waals surface area (Å²) in [6.45, 7) is 4.88. The van der Waals surface area contributed by atoms with Crippen molar-refractivity contribution in [2.24, 2.45) is 35.0 Å². The fourth-order valence-corrected chi connectivity index (χ4v) is 6.55. The molecule has 0 radical (unpaired) electrons. The molecule has 4 aliphatic rings. The molecule has 0 saturated heterocycles. The Morgan fingerprint density at radius 3 is 2.00 bits per heavy atom. The van der Waals surface area contributed by atoms with Gasteiger partial charge in [-0.2, -0.15) is 0 Å². The third-order valence-corrected chi connectivity index (χ3v) is 6.93. The lowest BCUT2D eigenvalue weighted by Crippen LogP contribution is -2.54. The Kier molecular flexibility index (Phi) is 3.39. The van der Waals surface area contributed by atoms with Gasteiger partial charge in [0.1, 0.15) is 0 Å². The van der Waals surface area contributed by atoms with E-state index in [1.165, 1.54) is 12.8 Å². The fraction of sp³-hybridized carbons (Fsp3) is 0.714. The van der Waals surface area contributed by atoms with Crippen molar-refractivity contribution in [1.82, 2.24) is 0 Å². The largest absolute Gasteiger partial charge is 0.0628 e. The highest BCUT2D eigenvalue weighted by Crippen LogP contribution is 2.65. The molecule has 5 rings (SSSR count). The monoisotopic (exact) mass is 282 g/mol. The molecule has 0 unspecified atom stereocenters. The zero-order valence-electron chi connectivity index (χ0n) is 13.7. The van der Waals surface area contributed by atoms with Gasteiger partial charge in [0, 0.05) is 0 Å². The lowest BCUT2D eigenvalue weighted by atomic mass is 9.43. The van der Waals surface area contributed by atoms with Crippen LogP contribution < -0.4 is 0 Å². The van der Waals surface area contributed by atoms with E-state index in [2.05, 4.69) is 44.2 Å². The first-order valence-electron chi connectivity index (χ1n) is 9.19. The normalized spacial score (nSPS) is 40.9. The van der Waals surface area contributed by atoms with E-state index in [9.17, 15) is 0 Å². The summed E-state index contributed by atoms with van der Waals surface area (Å²) in [7, 11) is 0. The molecule has 4 bridgehead atoms. The molecule has 0 atom stereocenters. The summed E-state index contributed by atoms with van der Waals surface area (Å²) in [6, 6.07) is 11.4. The van der Waals surface area contributed by atoms with Crippen molar-refractivity contribution in [2.45, 2.75) is 58.8 Å². The van der Waals surface area contributed by atoms with E-state index in [0.717, 1.165) is 29.6 Å². The minimum Gasteiger partial charge on any atom is -0.0628 e. The summed E-state index contributed by atoms with van der Waals surface area (Å²) in [5.74, 6) is 5.06. The lowest BCUT2D eigenvalue weighted by Gasteiger charge is -2.62. The standard InChI is InChI=1S/C21H30/c1-15(2)13-21(14-16-6-4-3-5-7-16)19-9-17-8-18(11-19)12-20(21)10-17/h3-7,15,17-20H,8-14H2,1-2H3. The molecule has 0 N–H and O–H groups in total. The summed E-state index contributed by atoms with van der Waals surface area (Å²) in [4.78, 5) is 0. The number of benzene rings is 1. The highest BCUT2D eigenvalue weighted by molar-refractivity contribution is 5.19. The molecule has 0 spiro atoms. The summed E-state index contributed by atoms with van der Waals surface area (Å²) in [5, 5.41) is 0. The van der Waals surface area contributed by atoms with E-state index in [-0.39, 0.29) is 0 Å². The molecular formula is C21H30. The molecule has 1 aromatic carbocycles. The maximum absolute atomic E-state index is 2.44. The van der Waals surface area contributed by atoms with Crippen LogP contribution in [0.2, 0.25) is 0 Å². The smallest absolute Gasteiger partial charge is 0.0198 e. The Labute approximate surface area is 130 Å². The van der Waals surface area contributed by atoms with Crippen molar-refractivity contribution in [3.8, 4) is 0 Å². The predicted molar refractivity (Wildman–Crippen MR) is 89.1 cm³/mol. The van der Waals surface area contributed by atoms with Crippen molar-refractivity contribution in [1.29, 1.82) is 0 Å². The van der Waals surface area contributed by atoms with Crippen LogP contribution in [0.15, 0.2) is 30.3 Å². The highest BCUT2D eigenvalue weighted by atomic mass is 14.6. The second-order valence-corrected chi connectivity index (χ2v) is 8.80. The molecule has 0 aliphatic heterocycles. The van der Waals surface area contributed by atoms with Crippen LogP contribution in [-0.4, -0.2) is 0 Å². The van der Waals surface area contributed by atoms with Crippen molar-refractivity contribution in [2.75, 3.05) is 0 Å². The van der Waals surface area contributed by atoms with Gasteiger partial charge in [0.05, 0.1) is 0 Å². The average molecular weight is 282 g/mol. The first kappa shape index (κ1) is 13.9. The number of hydrogen-bond donors (Lipinski definition) is 0. The zero-order valence-corrected chi connectivity index (χ0v) is 13.7. The van der Waals surface area contributed by atoms with Gasteiger partial charge >= 0.3 is 0 Å². The maximum atomic E-state index is 2.44. The molecule has 0 heteroatoms. The van der Waals surface area contributed by atoms with Gasteiger partial charge in [0.15, 0.2) is 0 Å². The van der Waals surface area contributed by atoms with Crippen molar-refractivity contribution < 1.29 is 0 Å². The molecule has 4 aliphatic carbocycles. The highest BCUT2D eigenvalue weighted by Gasteiger charge is 2.56. The number of rotatable bonds is 4. The van der Waals surface area contributed by atoms with Gasteiger partial charge in [-0.3, -0.25) is 0 Å². The van der Waals surface area contributed by atoms with Crippen LogP contribution in [0.4, 0.5) is 0 Å². The molecule has 4 saturated carbocycles. The molecule has 0 nitrogen and oxygen atoms in total. The number of hydrogen-bond acceptors (Lipinski definition) is 0. The second kappa shape index (κ2) is 5.14.